The van der Waals surface area contributed by atoms with Crippen molar-refractivity contribution < 1.29 is 19.1 Å². The molecule has 0 unspecified atom stereocenters. The number of fused-ring (bicyclic) bond motifs is 2. The lowest BCUT2D eigenvalue weighted by molar-refractivity contribution is -0.130. The maximum Gasteiger partial charge on any atom is 0.223 e. The van der Waals surface area contributed by atoms with Gasteiger partial charge in [-0.25, -0.2) is 0 Å². The van der Waals surface area contributed by atoms with Gasteiger partial charge in [-0.15, -0.1) is 0 Å². The monoisotopic (exact) mass is 378 g/mol. The van der Waals surface area contributed by atoms with Crippen LogP contribution >= 0.6 is 0 Å². The molecule has 2 amide bonds. The van der Waals surface area contributed by atoms with Gasteiger partial charge < -0.3 is 19.7 Å². The third-order valence-electron chi connectivity index (χ3n) is 4.94. The van der Waals surface area contributed by atoms with Crippen molar-refractivity contribution in [3.05, 3.63) is 65.9 Å². The van der Waals surface area contributed by atoms with Crippen LogP contribution < -0.4 is 14.8 Å². The lowest BCUT2D eigenvalue weighted by atomic mass is 9.93. The molecule has 2 aliphatic rings. The zero-order valence-corrected chi connectivity index (χ0v) is 15.6. The number of para-hydroxylation sites is 2. The summed E-state index contributed by atoms with van der Waals surface area (Å²) >= 11 is 0. The maximum absolute atomic E-state index is 12.6. The Hall–Kier alpha value is -3.28. The topological polar surface area (TPSA) is 67.9 Å². The number of nitrogens with one attached hydrogen (secondary N) is 1. The molecule has 2 aliphatic heterocycles. The van der Waals surface area contributed by atoms with E-state index >= 15 is 0 Å². The molecule has 6 heteroatoms. The molecule has 0 aromatic heterocycles. The standard InChI is InChI=1S/C22H22N2O4/c1-15(25)24-11-10-16-6-2-3-7-18(16)19(24)12-22(26)23-13-17-14-27-20-8-4-5-9-21(20)28-17/h2-11,17,19H,12-14H2,1H3,(H,23,26)/t17-,19+/m1/s1. The molecule has 4 rings (SSSR count). The van der Waals surface area contributed by atoms with Crippen LogP contribution in [0, 0.1) is 0 Å². The van der Waals surface area contributed by atoms with Crippen molar-refractivity contribution in [3.8, 4) is 11.5 Å². The summed E-state index contributed by atoms with van der Waals surface area (Å²) in [5.41, 5.74) is 2.00. The average molecular weight is 378 g/mol. The summed E-state index contributed by atoms with van der Waals surface area (Å²) in [5.74, 6) is 1.17. The van der Waals surface area contributed by atoms with Crippen LogP contribution in [0.5, 0.6) is 11.5 Å². The first-order chi connectivity index (χ1) is 13.6. The number of hydrogen-bond donors (Lipinski definition) is 1. The Kier molecular flexibility index (Phi) is 5.02. The highest BCUT2D eigenvalue weighted by Crippen LogP contribution is 2.33. The SMILES string of the molecule is CC(=O)N1C=Cc2ccccc2[C@@H]1CC(=O)NC[C@@H]1COc2ccccc2O1. The number of carbonyl (C=O) groups is 2. The molecule has 2 atom stereocenters. The van der Waals surface area contributed by atoms with Gasteiger partial charge in [-0.05, 0) is 29.3 Å². The molecule has 0 aliphatic carbocycles. The van der Waals surface area contributed by atoms with Crippen LogP contribution in [0.4, 0.5) is 0 Å². The number of hydrogen-bond acceptors (Lipinski definition) is 4. The summed E-state index contributed by atoms with van der Waals surface area (Å²) in [6.45, 7) is 2.23. The molecule has 2 aromatic rings. The molecule has 0 saturated carbocycles. The van der Waals surface area contributed by atoms with Crippen LogP contribution in [-0.2, 0) is 9.59 Å². The number of benzene rings is 2. The van der Waals surface area contributed by atoms with Gasteiger partial charge in [-0.3, -0.25) is 9.59 Å². The normalized spacial score (nSPS) is 19.7. The molecule has 28 heavy (non-hydrogen) atoms. The largest absolute Gasteiger partial charge is 0.486 e. The average Bonchev–Trinajstić information content (AvgIpc) is 2.72. The van der Waals surface area contributed by atoms with Gasteiger partial charge in [0.05, 0.1) is 19.0 Å². The Labute approximate surface area is 163 Å². The minimum Gasteiger partial charge on any atom is -0.486 e. The molecule has 0 radical (unpaired) electrons. The number of ether oxygens (including phenoxy) is 2. The van der Waals surface area contributed by atoms with Crippen molar-refractivity contribution in [2.45, 2.75) is 25.5 Å². The van der Waals surface area contributed by atoms with Gasteiger partial charge in [-0.1, -0.05) is 36.4 Å². The van der Waals surface area contributed by atoms with Gasteiger partial charge in [0, 0.05) is 13.1 Å². The van der Waals surface area contributed by atoms with Gasteiger partial charge in [0.25, 0.3) is 0 Å². The summed E-state index contributed by atoms with van der Waals surface area (Å²) in [7, 11) is 0. The molecule has 144 valence electrons. The van der Waals surface area contributed by atoms with Crippen molar-refractivity contribution in [3.63, 3.8) is 0 Å². The van der Waals surface area contributed by atoms with Crippen molar-refractivity contribution in [1.29, 1.82) is 0 Å². The van der Waals surface area contributed by atoms with Crippen LogP contribution in [-0.4, -0.2) is 36.0 Å². The molecule has 2 heterocycles. The Morgan fingerprint density at radius 3 is 2.68 bits per heavy atom. The molecule has 0 saturated heterocycles. The second-order valence-corrected chi connectivity index (χ2v) is 6.89. The molecule has 0 spiro atoms. The Morgan fingerprint density at radius 2 is 1.86 bits per heavy atom. The minimum absolute atomic E-state index is 0.0934. The van der Waals surface area contributed by atoms with Crippen molar-refractivity contribution in [2.24, 2.45) is 0 Å². The predicted molar refractivity (Wildman–Crippen MR) is 105 cm³/mol. The van der Waals surface area contributed by atoms with E-state index in [0.29, 0.717) is 24.7 Å². The Morgan fingerprint density at radius 1 is 1.11 bits per heavy atom. The summed E-state index contributed by atoms with van der Waals surface area (Å²) in [6.07, 6.45) is 3.58. The molecule has 2 aromatic carbocycles. The van der Waals surface area contributed by atoms with Crippen molar-refractivity contribution in [1.82, 2.24) is 10.2 Å². The first-order valence-electron chi connectivity index (χ1n) is 9.33. The lowest BCUT2D eigenvalue weighted by Gasteiger charge is -2.32. The fraction of sp³-hybridized carbons (Fsp3) is 0.273. The second-order valence-electron chi connectivity index (χ2n) is 6.89. The molecule has 6 nitrogen and oxygen atoms in total. The van der Waals surface area contributed by atoms with Gasteiger partial charge >= 0.3 is 0 Å². The molecular weight excluding hydrogens is 356 g/mol. The van der Waals surface area contributed by atoms with E-state index in [0.717, 1.165) is 11.1 Å². The Bertz CT molecular complexity index is 924. The number of amides is 2. The minimum atomic E-state index is -0.317. The van der Waals surface area contributed by atoms with Gasteiger partial charge in [-0.2, -0.15) is 0 Å². The van der Waals surface area contributed by atoms with E-state index in [1.807, 2.05) is 54.6 Å². The molecule has 0 fully saturated rings. The zero-order chi connectivity index (χ0) is 19.5. The quantitative estimate of drug-likeness (QED) is 0.888. The van der Waals surface area contributed by atoms with Crippen LogP contribution in [0.25, 0.3) is 6.08 Å². The number of nitrogens with zero attached hydrogens (tertiary/aromatic N) is 1. The fourth-order valence-electron chi connectivity index (χ4n) is 3.55. The first-order valence-corrected chi connectivity index (χ1v) is 9.33. The van der Waals surface area contributed by atoms with Gasteiger partial charge in [0.1, 0.15) is 12.7 Å². The maximum atomic E-state index is 12.6. The lowest BCUT2D eigenvalue weighted by Crippen LogP contribution is -2.42. The highest BCUT2D eigenvalue weighted by molar-refractivity contribution is 5.81. The van der Waals surface area contributed by atoms with E-state index in [9.17, 15) is 9.59 Å². The van der Waals surface area contributed by atoms with Crippen LogP contribution in [0.2, 0.25) is 0 Å². The number of carbonyl (C=O) groups excluding carboxylic acids is 2. The van der Waals surface area contributed by atoms with Crippen LogP contribution in [0.15, 0.2) is 54.7 Å². The highest BCUT2D eigenvalue weighted by Gasteiger charge is 2.29. The van der Waals surface area contributed by atoms with E-state index < -0.39 is 0 Å². The van der Waals surface area contributed by atoms with Crippen LogP contribution in [0.3, 0.4) is 0 Å². The zero-order valence-electron chi connectivity index (χ0n) is 15.6. The van der Waals surface area contributed by atoms with E-state index in [-0.39, 0.29) is 30.4 Å². The van der Waals surface area contributed by atoms with E-state index in [1.165, 1.54) is 6.92 Å². The third kappa shape index (κ3) is 3.71. The summed E-state index contributed by atoms with van der Waals surface area (Å²) < 4.78 is 11.5. The summed E-state index contributed by atoms with van der Waals surface area (Å²) in [5, 5.41) is 2.91. The van der Waals surface area contributed by atoms with E-state index in [4.69, 9.17) is 9.47 Å². The van der Waals surface area contributed by atoms with Crippen molar-refractivity contribution >= 4 is 17.9 Å². The second kappa shape index (κ2) is 7.76. The Balaban J connectivity index is 1.39. The van der Waals surface area contributed by atoms with Gasteiger partial charge in [0.15, 0.2) is 11.5 Å². The van der Waals surface area contributed by atoms with Crippen LogP contribution in [0.1, 0.15) is 30.5 Å². The summed E-state index contributed by atoms with van der Waals surface area (Å²) in [4.78, 5) is 26.2. The van der Waals surface area contributed by atoms with Gasteiger partial charge in [0.2, 0.25) is 11.8 Å². The number of rotatable bonds is 4. The molecule has 0 bridgehead atoms. The highest BCUT2D eigenvalue weighted by atomic mass is 16.6. The smallest absolute Gasteiger partial charge is 0.223 e. The first kappa shape index (κ1) is 18.1. The fourth-order valence-corrected chi connectivity index (χ4v) is 3.55. The van der Waals surface area contributed by atoms with E-state index in [2.05, 4.69) is 5.32 Å². The van der Waals surface area contributed by atoms with Crippen molar-refractivity contribution in [2.75, 3.05) is 13.2 Å². The third-order valence-corrected chi connectivity index (χ3v) is 4.94. The molecular formula is C22H22N2O4. The molecule has 1 N–H and O–H groups in total. The predicted octanol–water partition coefficient (Wildman–Crippen LogP) is 2.91. The summed E-state index contributed by atoms with van der Waals surface area (Å²) in [6, 6.07) is 15.0. The van der Waals surface area contributed by atoms with E-state index in [1.54, 1.807) is 11.1 Å².